The monoisotopic (exact) mass is 185 g/mol. The third-order valence-corrected chi connectivity index (χ3v) is 2.52. The van der Waals surface area contributed by atoms with Gasteiger partial charge in [0.25, 0.3) is 0 Å². The standard InChI is InChI=1S/C10H19NO2/c1-7(2)10(13)11-8-4-3-5-9(12)6-8/h7-9,12H,3-6H2,1-2H3,(H,11,13)/t8-,9-/m0/s1. The largest absolute Gasteiger partial charge is 0.393 e. The molecule has 0 aromatic heterocycles. The van der Waals surface area contributed by atoms with Crippen molar-refractivity contribution >= 4 is 5.91 Å². The van der Waals surface area contributed by atoms with Crippen molar-refractivity contribution in [3.05, 3.63) is 0 Å². The van der Waals surface area contributed by atoms with Crippen LogP contribution in [0.3, 0.4) is 0 Å². The molecule has 0 heterocycles. The van der Waals surface area contributed by atoms with E-state index < -0.39 is 0 Å². The average Bonchev–Trinajstić information content (AvgIpc) is 2.04. The van der Waals surface area contributed by atoms with Crippen molar-refractivity contribution in [3.63, 3.8) is 0 Å². The van der Waals surface area contributed by atoms with E-state index in [0.717, 1.165) is 25.7 Å². The summed E-state index contributed by atoms with van der Waals surface area (Å²) in [6.07, 6.45) is 3.41. The molecule has 3 heteroatoms. The Bertz CT molecular complexity index is 180. The van der Waals surface area contributed by atoms with Crippen LogP contribution in [-0.4, -0.2) is 23.2 Å². The smallest absolute Gasteiger partial charge is 0.222 e. The van der Waals surface area contributed by atoms with Gasteiger partial charge in [-0.1, -0.05) is 13.8 Å². The van der Waals surface area contributed by atoms with Gasteiger partial charge in [-0.25, -0.2) is 0 Å². The molecule has 13 heavy (non-hydrogen) atoms. The lowest BCUT2D eigenvalue weighted by Crippen LogP contribution is -2.41. The zero-order chi connectivity index (χ0) is 9.84. The highest BCUT2D eigenvalue weighted by atomic mass is 16.3. The van der Waals surface area contributed by atoms with Gasteiger partial charge in [-0.05, 0) is 25.7 Å². The highest BCUT2D eigenvalue weighted by Gasteiger charge is 2.22. The van der Waals surface area contributed by atoms with E-state index >= 15 is 0 Å². The van der Waals surface area contributed by atoms with E-state index in [-0.39, 0.29) is 24.0 Å². The molecule has 0 aliphatic heterocycles. The maximum absolute atomic E-state index is 11.3. The quantitative estimate of drug-likeness (QED) is 0.676. The molecule has 1 fully saturated rings. The zero-order valence-electron chi connectivity index (χ0n) is 8.42. The molecule has 0 bridgehead atoms. The number of hydrogen-bond donors (Lipinski definition) is 2. The minimum Gasteiger partial charge on any atom is -0.393 e. The number of aliphatic hydroxyl groups is 1. The molecular formula is C10H19NO2. The van der Waals surface area contributed by atoms with E-state index in [1.54, 1.807) is 0 Å². The van der Waals surface area contributed by atoms with Crippen molar-refractivity contribution in [3.8, 4) is 0 Å². The first-order valence-electron chi connectivity index (χ1n) is 5.08. The van der Waals surface area contributed by atoms with Crippen LogP contribution >= 0.6 is 0 Å². The molecule has 0 aromatic rings. The SMILES string of the molecule is CC(C)C(=O)N[C@H]1CCC[C@H](O)C1. The summed E-state index contributed by atoms with van der Waals surface area (Å²) in [4.78, 5) is 11.3. The fourth-order valence-corrected chi connectivity index (χ4v) is 1.66. The number of carbonyl (C=O) groups excluding carboxylic acids is 1. The molecule has 0 radical (unpaired) electrons. The van der Waals surface area contributed by atoms with Crippen molar-refractivity contribution in [1.29, 1.82) is 0 Å². The van der Waals surface area contributed by atoms with Gasteiger partial charge in [-0.3, -0.25) is 4.79 Å². The number of nitrogens with one attached hydrogen (secondary N) is 1. The molecule has 76 valence electrons. The molecule has 0 unspecified atom stereocenters. The van der Waals surface area contributed by atoms with E-state index in [2.05, 4.69) is 5.32 Å². The summed E-state index contributed by atoms with van der Waals surface area (Å²) in [5.41, 5.74) is 0. The van der Waals surface area contributed by atoms with Crippen LogP contribution in [-0.2, 0) is 4.79 Å². The van der Waals surface area contributed by atoms with Gasteiger partial charge in [-0.15, -0.1) is 0 Å². The van der Waals surface area contributed by atoms with Crippen molar-refractivity contribution in [2.75, 3.05) is 0 Å². The van der Waals surface area contributed by atoms with Crippen LogP contribution in [0.2, 0.25) is 0 Å². The van der Waals surface area contributed by atoms with Gasteiger partial charge in [-0.2, -0.15) is 0 Å². The van der Waals surface area contributed by atoms with Gasteiger partial charge in [0.1, 0.15) is 0 Å². The summed E-state index contributed by atoms with van der Waals surface area (Å²) < 4.78 is 0. The topological polar surface area (TPSA) is 49.3 Å². The molecule has 1 aliphatic carbocycles. The Kier molecular flexibility index (Phi) is 3.72. The Labute approximate surface area is 79.5 Å². The highest BCUT2D eigenvalue weighted by molar-refractivity contribution is 5.78. The van der Waals surface area contributed by atoms with E-state index in [9.17, 15) is 9.90 Å². The lowest BCUT2D eigenvalue weighted by Gasteiger charge is -2.27. The normalized spacial score (nSPS) is 28.9. The Hall–Kier alpha value is -0.570. The van der Waals surface area contributed by atoms with Crippen LogP contribution in [0.5, 0.6) is 0 Å². The molecule has 3 nitrogen and oxygen atoms in total. The van der Waals surface area contributed by atoms with Crippen LogP contribution in [0, 0.1) is 5.92 Å². The minimum atomic E-state index is -0.216. The second-order valence-corrected chi connectivity index (χ2v) is 4.18. The third kappa shape index (κ3) is 3.35. The summed E-state index contributed by atoms with van der Waals surface area (Å²) in [6, 6.07) is 0.193. The predicted molar refractivity (Wildman–Crippen MR) is 51.2 cm³/mol. The average molecular weight is 185 g/mol. The Morgan fingerprint density at radius 2 is 2.15 bits per heavy atom. The molecule has 1 aliphatic rings. The molecule has 0 spiro atoms. The first-order chi connectivity index (χ1) is 6.09. The number of aliphatic hydroxyl groups excluding tert-OH is 1. The van der Waals surface area contributed by atoms with Crippen LogP contribution in [0.1, 0.15) is 39.5 Å². The summed E-state index contributed by atoms with van der Waals surface area (Å²) in [7, 11) is 0. The van der Waals surface area contributed by atoms with E-state index in [0.29, 0.717) is 0 Å². The van der Waals surface area contributed by atoms with Crippen LogP contribution in [0.15, 0.2) is 0 Å². The molecule has 1 amide bonds. The van der Waals surface area contributed by atoms with Crippen molar-refractivity contribution in [2.24, 2.45) is 5.92 Å². The molecule has 2 N–H and O–H groups in total. The lowest BCUT2D eigenvalue weighted by molar-refractivity contribution is -0.125. The van der Waals surface area contributed by atoms with Crippen molar-refractivity contribution in [1.82, 2.24) is 5.32 Å². The summed E-state index contributed by atoms with van der Waals surface area (Å²) >= 11 is 0. The fraction of sp³-hybridized carbons (Fsp3) is 0.900. The first kappa shape index (κ1) is 10.5. The Balaban J connectivity index is 2.31. The Morgan fingerprint density at radius 1 is 1.46 bits per heavy atom. The summed E-state index contributed by atoms with van der Waals surface area (Å²) in [6.45, 7) is 3.77. The van der Waals surface area contributed by atoms with Gasteiger partial charge in [0.05, 0.1) is 6.10 Å². The fourth-order valence-electron chi connectivity index (χ4n) is 1.66. The number of carbonyl (C=O) groups is 1. The van der Waals surface area contributed by atoms with Crippen LogP contribution in [0.4, 0.5) is 0 Å². The number of rotatable bonds is 2. The summed E-state index contributed by atoms with van der Waals surface area (Å²) in [5.74, 6) is 0.137. The molecule has 0 aromatic carbocycles. The highest BCUT2D eigenvalue weighted by Crippen LogP contribution is 2.18. The molecule has 0 saturated heterocycles. The second-order valence-electron chi connectivity index (χ2n) is 4.18. The Morgan fingerprint density at radius 3 is 2.69 bits per heavy atom. The van der Waals surface area contributed by atoms with E-state index in [4.69, 9.17) is 0 Å². The second kappa shape index (κ2) is 4.61. The predicted octanol–water partition coefficient (Wildman–Crippen LogP) is 1.06. The van der Waals surface area contributed by atoms with Crippen LogP contribution < -0.4 is 5.32 Å². The molecular weight excluding hydrogens is 166 g/mol. The number of amides is 1. The van der Waals surface area contributed by atoms with Gasteiger partial charge in [0, 0.05) is 12.0 Å². The van der Waals surface area contributed by atoms with Crippen molar-refractivity contribution in [2.45, 2.75) is 51.7 Å². The third-order valence-electron chi connectivity index (χ3n) is 2.52. The van der Waals surface area contributed by atoms with Gasteiger partial charge < -0.3 is 10.4 Å². The maximum Gasteiger partial charge on any atom is 0.222 e. The molecule has 1 saturated carbocycles. The van der Waals surface area contributed by atoms with E-state index in [1.807, 2.05) is 13.8 Å². The van der Waals surface area contributed by atoms with Gasteiger partial charge in [0.2, 0.25) is 5.91 Å². The van der Waals surface area contributed by atoms with E-state index in [1.165, 1.54) is 0 Å². The van der Waals surface area contributed by atoms with Gasteiger partial charge in [0.15, 0.2) is 0 Å². The zero-order valence-corrected chi connectivity index (χ0v) is 8.42. The number of hydrogen-bond acceptors (Lipinski definition) is 2. The molecule has 2 atom stereocenters. The first-order valence-corrected chi connectivity index (χ1v) is 5.08. The van der Waals surface area contributed by atoms with Crippen LogP contribution in [0.25, 0.3) is 0 Å². The maximum atomic E-state index is 11.3. The van der Waals surface area contributed by atoms with Crippen molar-refractivity contribution < 1.29 is 9.90 Å². The minimum absolute atomic E-state index is 0.0408. The lowest BCUT2D eigenvalue weighted by atomic mass is 9.92. The molecule has 1 rings (SSSR count). The summed E-state index contributed by atoms with van der Waals surface area (Å²) in [5, 5.41) is 12.3. The van der Waals surface area contributed by atoms with Gasteiger partial charge >= 0.3 is 0 Å².